The van der Waals surface area contributed by atoms with Gasteiger partial charge >= 0.3 is 0 Å². The molecule has 5 heteroatoms. The standard InChI is InChI=1S/C21H31N3O2/c1-3-25-17-9-5-4-8-15(17)14-23-20(22-2)24-18-16-10-13-26-19(16)21(18)11-6-7-12-21/h4-5,8-9,16,18-19H,3,6-7,10-14H2,1-2H3,(H2,22,23,24). The van der Waals surface area contributed by atoms with Gasteiger partial charge in [-0.25, -0.2) is 0 Å². The van der Waals surface area contributed by atoms with E-state index in [0.29, 0.717) is 36.6 Å². The summed E-state index contributed by atoms with van der Waals surface area (Å²) in [7, 11) is 1.85. The lowest BCUT2D eigenvalue weighted by molar-refractivity contribution is -0.125. The molecule has 26 heavy (non-hydrogen) atoms. The fourth-order valence-corrected chi connectivity index (χ4v) is 5.37. The van der Waals surface area contributed by atoms with E-state index in [2.05, 4.69) is 27.8 Å². The van der Waals surface area contributed by atoms with Crippen molar-refractivity contribution in [3.05, 3.63) is 29.8 Å². The number of para-hydroxylation sites is 1. The van der Waals surface area contributed by atoms with Crippen LogP contribution in [0.15, 0.2) is 29.3 Å². The summed E-state index contributed by atoms with van der Waals surface area (Å²) in [4.78, 5) is 4.48. The molecule has 3 unspecified atom stereocenters. The molecule has 0 amide bonds. The van der Waals surface area contributed by atoms with Gasteiger partial charge in [0.05, 0.1) is 12.7 Å². The Morgan fingerprint density at radius 3 is 2.88 bits per heavy atom. The van der Waals surface area contributed by atoms with Crippen molar-refractivity contribution < 1.29 is 9.47 Å². The summed E-state index contributed by atoms with van der Waals surface area (Å²) in [5.41, 5.74) is 1.49. The van der Waals surface area contributed by atoms with Crippen LogP contribution in [-0.2, 0) is 11.3 Å². The molecule has 0 radical (unpaired) electrons. The summed E-state index contributed by atoms with van der Waals surface area (Å²) in [6.45, 7) is 4.32. The van der Waals surface area contributed by atoms with Crippen LogP contribution in [-0.4, -0.2) is 38.4 Å². The van der Waals surface area contributed by atoms with Gasteiger partial charge in [0.1, 0.15) is 5.75 Å². The van der Waals surface area contributed by atoms with Gasteiger partial charge in [-0.2, -0.15) is 0 Å². The van der Waals surface area contributed by atoms with E-state index in [1.54, 1.807) is 0 Å². The minimum absolute atomic E-state index is 0.335. The second kappa shape index (κ2) is 7.47. The van der Waals surface area contributed by atoms with Gasteiger partial charge in [0.15, 0.2) is 5.96 Å². The van der Waals surface area contributed by atoms with Crippen LogP contribution in [0.25, 0.3) is 0 Å². The maximum atomic E-state index is 6.09. The smallest absolute Gasteiger partial charge is 0.191 e. The van der Waals surface area contributed by atoms with E-state index in [-0.39, 0.29) is 0 Å². The quantitative estimate of drug-likeness (QED) is 0.628. The normalized spacial score (nSPS) is 29.3. The lowest BCUT2D eigenvalue weighted by Crippen LogP contribution is -2.69. The highest BCUT2D eigenvalue weighted by molar-refractivity contribution is 5.80. The van der Waals surface area contributed by atoms with Crippen molar-refractivity contribution in [1.82, 2.24) is 10.6 Å². The summed E-state index contributed by atoms with van der Waals surface area (Å²) in [6.07, 6.45) is 6.89. The number of fused-ring (bicyclic) bond motifs is 2. The van der Waals surface area contributed by atoms with Crippen molar-refractivity contribution in [3.8, 4) is 5.75 Å². The molecule has 2 N–H and O–H groups in total. The van der Waals surface area contributed by atoms with Crippen LogP contribution in [0.3, 0.4) is 0 Å². The Morgan fingerprint density at radius 1 is 1.31 bits per heavy atom. The van der Waals surface area contributed by atoms with Crippen molar-refractivity contribution in [3.63, 3.8) is 0 Å². The second-order valence-electron chi connectivity index (χ2n) is 7.77. The number of nitrogens with zero attached hydrogens (tertiary/aromatic N) is 1. The summed E-state index contributed by atoms with van der Waals surface area (Å²) in [6, 6.07) is 8.69. The second-order valence-corrected chi connectivity index (χ2v) is 7.77. The van der Waals surface area contributed by atoms with Gasteiger partial charge in [-0.15, -0.1) is 0 Å². The highest BCUT2D eigenvalue weighted by Gasteiger charge is 2.65. The molecule has 5 nitrogen and oxygen atoms in total. The maximum absolute atomic E-state index is 6.09. The van der Waals surface area contributed by atoms with Gasteiger partial charge in [-0.1, -0.05) is 31.0 Å². The molecule has 1 heterocycles. The molecule has 1 aromatic carbocycles. The molecule has 2 aliphatic carbocycles. The number of aliphatic imine (C=N–C) groups is 1. The highest BCUT2D eigenvalue weighted by Crippen LogP contribution is 2.60. The lowest BCUT2D eigenvalue weighted by Gasteiger charge is -2.57. The molecule has 142 valence electrons. The minimum Gasteiger partial charge on any atom is -0.494 e. The van der Waals surface area contributed by atoms with E-state index in [0.717, 1.165) is 23.9 Å². The fourth-order valence-electron chi connectivity index (χ4n) is 5.37. The van der Waals surface area contributed by atoms with Crippen LogP contribution < -0.4 is 15.4 Å². The molecular formula is C21H31N3O2. The topological polar surface area (TPSA) is 54.9 Å². The van der Waals surface area contributed by atoms with Crippen LogP contribution in [0.2, 0.25) is 0 Å². The SMILES string of the molecule is CCOc1ccccc1CNC(=NC)NC1C2CCOC2C12CCCC2. The zero-order chi connectivity index (χ0) is 18.0. The van der Waals surface area contributed by atoms with E-state index >= 15 is 0 Å². The Labute approximate surface area is 156 Å². The maximum Gasteiger partial charge on any atom is 0.191 e. The Kier molecular flexibility index (Phi) is 5.07. The molecule has 1 saturated heterocycles. The summed E-state index contributed by atoms with van der Waals surface area (Å²) in [5.74, 6) is 2.47. The van der Waals surface area contributed by atoms with Crippen LogP contribution in [0.4, 0.5) is 0 Å². The number of nitrogens with one attached hydrogen (secondary N) is 2. The van der Waals surface area contributed by atoms with Gasteiger partial charge in [-0.3, -0.25) is 4.99 Å². The van der Waals surface area contributed by atoms with Crippen LogP contribution in [0.1, 0.15) is 44.6 Å². The summed E-state index contributed by atoms with van der Waals surface area (Å²) < 4.78 is 11.8. The molecule has 0 bridgehead atoms. The van der Waals surface area contributed by atoms with Crippen molar-refractivity contribution in [2.45, 2.75) is 57.7 Å². The molecule has 1 aromatic rings. The largest absolute Gasteiger partial charge is 0.494 e. The highest BCUT2D eigenvalue weighted by atomic mass is 16.5. The first-order valence-corrected chi connectivity index (χ1v) is 10.1. The van der Waals surface area contributed by atoms with E-state index in [1.807, 2.05) is 26.1 Å². The molecular weight excluding hydrogens is 326 g/mol. The molecule has 2 saturated carbocycles. The van der Waals surface area contributed by atoms with Crippen LogP contribution >= 0.6 is 0 Å². The van der Waals surface area contributed by atoms with Gasteiger partial charge in [-0.05, 0) is 32.3 Å². The van der Waals surface area contributed by atoms with Crippen molar-refractivity contribution in [2.24, 2.45) is 16.3 Å². The number of guanidine groups is 1. The first kappa shape index (κ1) is 17.7. The molecule has 3 aliphatic rings. The van der Waals surface area contributed by atoms with E-state index in [4.69, 9.17) is 9.47 Å². The first-order valence-electron chi connectivity index (χ1n) is 10.1. The van der Waals surface area contributed by atoms with E-state index in [9.17, 15) is 0 Å². The Hall–Kier alpha value is -1.75. The van der Waals surface area contributed by atoms with Gasteiger partial charge in [0.25, 0.3) is 0 Å². The third kappa shape index (κ3) is 2.96. The number of ether oxygens (including phenoxy) is 2. The van der Waals surface area contributed by atoms with Gasteiger partial charge in [0, 0.05) is 43.1 Å². The zero-order valence-corrected chi connectivity index (χ0v) is 16.0. The molecule has 4 rings (SSSR count). The van der Waals surface area contributed by atoms with Crippen LogP contribution in [0, 0.1) is 11.3 Å². The minimum atomic E-state index is 0.335. The van der Waals surface area contributed by atoms with Crippen molar-refractivity contribution in [2.75, 3.05) is 20.3 Å². The third-order valence-electron chi connectivity index (χ3n) is 6.52. The fraction of sp³-hybridized carbons (Fsp3) is 0.667. The van der Waals surface area contributed by atoms with Gasteiger partial charge in [0.2, 0.25) is 0 Å². The Bertz CT molecular complexity index is 654. The summed E-state index contributed by atoms with van der Waals surface area (Å²) in [5, 5.41) is 7.24. The van der Waals surface area contributed by atoms with E-state index < -0.39 is 0 Å². The predicted molar refractivity (Wildman–Crippen MR) is 103 cm³/mol. The molecule has 1 aliphatic heterocycles. The number of rotatable bonds is 5. The monoisotopic (exact) mass is 357 g/mol. The average molecular weight is 357 g/mol. The van der Waals surface area contributed by atoms with E-state index in [1.165, 1.54) is 32.1 Å². The van der Waals surface area contributed by atoms with Gasteiger partial charge < -0.3 is 20.1 Å². The Balaban J connectivity index is 1.41. The lowest BCUT2D eigenvalue weighted by atomic mass is 9.54. The average Bonchev–Trinajstić information content (AvgIpc) is 3.32. The van der Waals surface area contributed by atoms with Crippen molar-refractivity contribution >= 4 is 5.96 Å². The molecule has 0 aromatic heterocycles. The predicted octanol–water partition coefficient (Wildman–Crippen LogP) is 3.10. The van der Waals surface area contributed by atoms with Crippen molar-refractivity contribution in [1.29, 1.82) is 0 Å². The number of hydrogen-bond donors (Lipinski definition) is 2. The molecule has 3 fully saturated rings. The first-order chi connectivity index (χ1) is 12.8. The molecule has 1 spiro atoms. The number of hydrogen-bond acceptors (Lipinski definition) is 3. The Morgan fingerprint density at radius 2 is 2.12 bits per heavy atom. The molecule has 3 atom stereocenters. The third-order valence-corrected chi connectivity index (χ3v) is 6.52. The zero-order valence-electron chi connectivity index (χ0n) is 16.0. The van der Waals surface area contributed by atoms with Crippen LogP contribution in [0.5, 0.6) is 5.75 Å². The summed E-state index contributed by atoms with van der Waals surface area (Å²) >= 11 is 0. The number of benzene rings is 1.